The van der Waals surface area contributed by atoms with Crippen LogP contribution in [0.25, 0.3) is 11.4 Å². The number of aromatic nitrogens is 4. The molecule has 3 aromatic heterocycles. The Balaban J connectivity index is 1.74. The van der Waals surface area contributed by atoms with Crippen molar-refractivity contribution < 1.29 is 4.42 Å². The molecule has 3 heterocycles. The zero-order valence-electron chi connectivity index (χ0n) is 14.2. The molecule has 0 aliphatic carbocycles. The lowest BCUT2D eigenvalue weighted by Crippen LogP contribution is -2.03. The van der Waals surface area contributed by atoms with Crippen LogP contribution in [0.3, 0.4) is 0 Å². The molecule has 0 saturated heterocycles. The van der Waals surface area contributed by atoms with Gasteiger partial charge in [-0.05, 0) is 60.3 Å². The normalized spacial score (nSPS) is 10.8. The van der Waals surface area contributed by atoms with E-state index in [9.17, 15) is 0 Å². The summed E-state index contributed by atoms with van der Waals surface area (Å²) in [7, 11) is 0. The lowest BCUT2D eigenvalue weighted by atomic mass is 10.2. The molecular weight excluding hydrogens is 417 g/mol. The fraction of sp³-hybridized carbons (Fsp3) is 0.0526. The Labute approximate surface area is 174 Å². The summed E-state index contributed by atoms with van der Waals surface area (Å²) in [6.07, 6.45) is 1.62. The minimum atomic E-state index is 0.168. The van der Waals surface area contributed by atoms with Gasteiger partial charge in [0.15, 0.2) is 16.7 Å². The van der Waals surface area contributed by atoms with Crippen molar-refractivity contribution in [2.45, 2.75) is 16.7 Å². The third-order valence-electron chi connectivity index (χ3n) is 3.84. The second-order valence-electron chi connectivity index (χ2n) is 5.67. The van der Waals surface area contributed by atoms with Crippen molar-refractivity contribution in [1.29, 1.82) is 5.26 Å². The Bertz CT molecular complexity index is 1150. The molecule has 0 aliphatic heterocycles. The van der Waals surface area contributed by atoms with Gasteiger partial charge in [0.25, 0.3) is 0 Å². The number of hydrogen-bond donors (Lipinski definition) is 0. The minimum Gasteiger partial charge on any atom is -0.467 e. The smallest absolute Gasteiger partial charge is 0.198 e. The van der Waals surface area contributed by atoms with E-state index in [1.807, 2.05) is 34.9 Å². The maximum absolute atomic E-state index is 9.15. The summed E-state index contributed by atoms with van der Waals surface area (Å²) in [5.41, 5.74) is 1.04. The molecule has 0 aliphatic rings. The molecular formula is C19H11Cl2N5OS. The lowest BCUT2D eigenvalue weighted by molar-refractivity contribution is 0.485. The van der Waals surface area contributed by atoms with Crippen LogP contribution in [-0.4, -0.2) is 19.7 Å². The summed E-state index contributed by atoms with van der Waals surface area (Å²) in [4.78, 5) is 4.27. The van der Waals surface area contributed by atoms with Crippen LogP contribution < -0.4 is 0 Å². The Morgan fingerprint density at radius 2 is 1.89 bits per heavy atom. The summed E-state index contributed by atoms with van der Waals surface area (Å²) in [5, 5.41) is 20.0. The first-order valence-electron chi connectivity index (χ1n) is 8.10. The maximum Gasteiger partial charge on any atom is 0.198 e. The van der Waals surface area contributed by atoms with Gasteiger partial charge in [-0.25, -0.2) is 4.98 Å². The van der Waals surface area contributed by atoms with Crippen LogP contribution in [0.15, 0.2) is 69.4 Å². The monoisotopic (exact) mass is 427 g/mol. The molecule has 28 heavy (non-hydrogen) atoms. The fourth-order valence-electron chi connectivity index (χ4n) is 2.53. The van der Waals surface area contributed by atoms with E-state index in [2.05, 4.69) is 15.2 Å². The lowest BCUT2D eigenvalue weighted by Gasteiger charge is -2.09. The van der Waals surface area contributed by atoms with Gasteiger partial charge in [-0.1, -0.05) is 23.2 Å². The first-order valence-corrected chi connectivity index (χ1v) is 9.67. The second kappa shape index (κ2) is 8.07. The van der Waals surface area contributed by atoms with Crippen LogP contribution in [0.5, 0.6) is 0 Å². The number of furan rings is 1. The number of halogens is 2. The fourth-order valence-corrected chi connectivity index (χ4v) is 3.61. The number of rotatable bonds is 5. The molecule has 0 fully saturated rings. The van der Waals surface area contributed by atoms with Crippen molar-refractivity contribution >= 4 is 35.0 Å². The van der Waals surface area contributed by atoms with Gasteiger partial charge in [0.1, 0.15) is 16.9 Å². The molecule has 1 aromatic carbocycles. The molecule has 0 amide bonds. The SMILES string of the molecule is N#Cc1nc(Sc2nnc(-c3ccc(Cl)cc3)n2Cc2ccco2)ccc1Cl. The molecule has 0 atom stereocenters. The summed E-state index contributed by atoms with van der Waals surface area (Å²) in [5.74, 6) is 1.43. The molecule has 9 heteroatoms. The van der Waals surface area contributed by atoms with Crippen molar-refractivity contribution in [1.82, 2.24) is 19.7 Å². The zero-order chi connectivity index (χ0) is 19.5. The molecule has 0 saturated carbocycles. The highest BCUT2D eigenvalue weighted by atomic mass is 35.5. The van der Waals surface area contributed by atoms with Gasteiger partial charge in [0.05, 0.1) is 17.8 Å². The summed E-state index contributed by atoms with van der Waals surface area (Å²) in [6, 6.07) is 16.4. The molecule has 6 nitrogen and oxygen atoms in total. The topological polar surface area (TPSA) is 80.5 Å². The summed E-state index contributed by atoms with van der Waals surface area (Å²) >= 11 is 13.3. The van der Waals surface area contributed by atoms with E-state index >= 15 is 0 Å². The van der Waals surface area contributed by atoms with E-state index in [-0.39, 0.29) is 5.69 Å². The number of nitriles is 1. The second-order valence-corrected chi connectivity index (χ2v) is 7.50. The van der Waals surface area contributed by atoms with Gasteiger partial charge < -0.3 is 4.42 Å². The maximum atomic E-state index is 9.15. The Kier molecular flexibility index (Phi) is 5.35. The van der Waals surface area contributed by atoms with E-state index in [4.69, 9.17) is 32.9 Å². The molecule has 0 radical (unpaired) electrons. The van der Waals surface area contributed by atoms with Crippen molar-refractivity contribution in [2.75, 3.05) is 0 Å². The van der Waals surface area contributed by atoms with Crippen molar-refractivity contribution in [2.24, 2.45) is 0 Å². The van der Waals surface area contributed by atoms with Crippen LogP contribution in [-0.2, 0) is 6.54 Å². The predicted molar refractivity (Wildman–Crippen MR) is 106 cm³/mol. The molecule has 0 spiro atoms. The molecule has 4 rings (SSSR count). The highest BCUT2D eigenvalue weighted by Gasteiger charge is 2.17. The molecule has 138 valence electrons. The highest BCUT2D eigenvalue weighted by molar-refractivity contribution is 7.99. The zero-order valence-corrected chi connectivity index (χ0v) is 16.5. The van der Waals surface area contributed by atoms with Crippen molar-refractivity contribution in [3.05, 3.63) is 76.3 Å². The van der Waals surface area contributed by atoms with E-state index in [0.717, 1.165) is 11.3 Å². The Morgan fingerprint density at radius 3 is 2.61 bits per heavy atom. The average Bonchev–Trinajstić information content (AvgIpc) is 3.35. The average molecular weight is 428 g/mol. The largest absolute Gasteiger partial charge is 0.467 e. The van der Waals surface area contributed by atoms with Gasteiger partial charge in [-0.3, -0.25) is 4.57 Å². The number of pyridine rings is 1. The van der Waals surface area contributed by atoms with Crippen molar-refractivity contribution in [3.63, 3.8) is 0 Å². The number of benzene rings is 1. The third kappa shape index (κ3) is 3.90. The molecule has 0 unspecified atom stereocenters. The van der Waals surface area contributed by atoms with Crippen LogP contribution in [0.2, 0.25) is 10.0 Å². The summed E-state index contributed by atoms with van der Waals surface area (Å²) in [6.45, 7) is 0.443. The van der Waals surface area contributed by atoms with Crippen LogP contribution in [0, 0.1) is 11.3 Å². The van der Waals surface area contributed by atoms with Gasteiger partial charge in [-0.2, -0.15) is 5.26 Å². The third-order valence-corrected chi connectivity index (χ3v) is 5.31. The predicted octanol–water partition coefficient (Wildman–Crippen LogP) is 5.31. The van der Waals surface area contributed by atoms with E-state index in [0.29, 0.717) is 32.6 Å². The van der Waals surface area contributed by atoms with Crippen LogP contribution in [0.4, 0.5) is 0 Å². The highest BCUT2D eigenvalue weighted by Crippen LogP contribution is 2.31. The van der Waals surface area contributed by atoms with Gasteiger partial charge in [0.2, 0.25) is 0 Å². The number of hydrogen-bond acceptors (Lipinski definition) is 6. The van der Waals surface area contributed by atoms with E-state index in [1.54, 1.807) is 30.5 Å². The standard InChI is InChI=1S/C19H11Cl2N5OS/c20-13-5-3-12(4-6-13)18-24-25-19(26(18)11-14-2-1-9-27-14)28-17-8-7-15(21)16(10-22)23-17/h1-9H,11H2. The number of nitrogens with zero attached hydrogens (tertiary/aromatic N) is 5. The Hall–Kier alpha value is -2.79. The first kappa shape index (κ1) is 18.6. The summed E-state index contributed by atoms with van der Waals surface area (Å²) < 4.78 is 7.42. The van der Waals surface area contributed by atoms with Crippen LogP contribution >= 0.6 is 35.0 Å². The first-order chi connectivity index (χ1) is 13.6. The van der Waals surface area contributed by atoms with E-state index in [1.165, 1.54) is 11.8 Å². The van der Waals surface area contributed by atoms with Crippen molar-refractivity contribution in [3.8, 4) is 17.5 Å². The van der Waals surface area contributed by atoms with Crippen LogP contribution in [0.1, 0.15) is 11.5 Å². The van der Waals surface area contributed by atoms with E-state index < -0.39 is 0 Å². The molecule has 0 bridgehead atoms. The van der Waals surface area contributed by atoms with Gasteiger partial charge >= 0.3 is 0 Å². The molecule has 4 aromatic rings. The quantitative estimate of drug-likeness (QED) is 0.429. The van der Waals surface area contributed by atoms with Gasteiger partial charge in [-0.15, -0.1) is 10.2 Å². The van der Waals surface area contributed by atoms with Gasteiger partial charge in [0, 0.05) is 10.6 Å². The Morgan fingerprint density at radius 1 is 1.07 bits per heavy atom. The molecule has 0 N–H and O–H groups in total. The minimum absolute atomic E-state index is 0.168.